The number of hydrogen-bond donors (Lipinski definition) is 2. The van der Waals surface area contributed by atoms with Gasteiger partial charge in [-0.15, -0.1) is 0 Å². The molecule has 0 radical (unpaired) electrons. The minimum atomic E-state index is -0.566. The van der Waals surface area contributed by atoms with Gasteiger partial charge in [0.2, 0.25) is 0 Å². The predicted molar refractivity (Wildman–Crippen MR) is 60.9 cm³/mol. The van der Waals surface area contributed by atoms with Gasteiger partial charge >= 0.3 is 0 Å². The number of hydrogen-bond acceptors (Lipinski definition) is 4. The van der Waals surface area contributed by atoms with E-state index in [1.165, 1.54) is 0 Å². The Kier molecular flexibility index (Phi) is 2.82. The van der Waals surface area contributed by atoms with Crippen molar-refractivity contribution in [1.29, 1.82) is 0 Å². The van der Waals surface area contributed by atoms with Gasteiger partial charge in [0, 0.05) is 6.20 Å². The van der Waals surface area contributed by atoms with E-state index in [1.54, 1.807) is 10.9 Å². The minimum Gasteiger partial charge on any atom is -0.396 e. The number of primary amides is 1. The van der Waals surface area contributed by atoms with E-state index in [0.29, 0.717) is 11.7 Å². The van der Waals surface area contributed by atoms with Gasteiger partial charge in [-0.25, -0.2) is 0 Å². The number of amides is 1. The summed E-state index contributed by atoms with van der Waals surface area (Å²) < 4.78 is 1.78. The van der Waals surface area contributed by atoms with Crippen LogP contribution in [0.25, 0.3) is 0 Å². The maximum absolute atomic E-state index is 11.0. The Morgan fingerprint density at radius 3 is 2.62 bits per heavy atom. The number of nitrogens with zero attached hydrogens (tertiary/aromatic N) is 3. The molecule has 0 unspecified atom stereocenters. The lowest BCUT2D eigenvalue weighted by Gasteiger charge is -2.28. The van der Waals surface area contributed by atoms with Gasteiger partial charge in [-0.3, -0.25) is 9.48 Å². The van der Waals surface area contributed by atoms with Crippen LogP contribution >= 0.6 is 0 Å². The molecule has 0 atom stereocenters. The number of carbonyl (C=O) groups is 1. The summed E-state index contributed by atoms with van der Waals surface area (Å²) in [5.41, 5.74) is 11.4. The van der Waals surface area contributed by atoms with Gasteiger partial charge in [-0.2, -0.15) is 5.10 Å². The van der Waals surface area contributed by atoms with Crippen LogP contribution in [0.15, 0.2) is 6.20 Å². The predicted octanol–water partition coefficient (Wildman–Crippen LogP) is -0.169. The topological polar surface area (TPSA) is 90.2 Å². The first-order valence-electron chi connectivity index (χ1n) is 5.41. The fraction of sp³-hybridized carbons (Fsp3) is 0.600. The third-order valence-corrected chi connectivity index (χ3v) is 3.06. The molecule has 1 aromatic heterocycles. The molecular weight excluding hydrogens is 206 g/mol. The Hall–Kier alpha value is -1.56. The second kappa shape index (κ2) is 4.13. The SMILES string of the molecule is CN1CCC(n2cc(N)c(C(N)=O)n2)CC1. The molecule has 1 aliphatic heterocycles. The van der Waals surface area contributed by atoms with E-state index in [0.717, 1.165) is 25.9 Å². The number of likely N-dealkylation sites (tertiary alicyclic amines) is 1. The van der Waals surface area contributed by atoms with Crippen LogP contribution < -0.4 is 11.5 Å². The van der Waals surface area contributed by atoms with E-state index in [-0.39, 0.29) is 5.69 Å². The third-order valence-electron chi connectivity index (χ3n) is 3.06. The number of aromatic nitrogens is 2. The van der Waals surface area contributed by atoms with Crippen LogP contribution in [0, 0.1) is 0 Å². The highest BCUT2D eigenvalue weighted by molar-refractivity contribution is 5.95. The highest BCUT2D eigenvalue weighted by Gasteiger charge is 2.21. The molecule has 16 heavy (non-hydrogen) atoms. The van der Waals surface area contributed by atoms with Gasteiger partial charge in [-0.05, 0) is 33.0 Å². The number of rotatable bonds is 2. The molecular formula is C10H17N5O. The van der Waals surface area contributed by atoms with Crippen molar-refractivity contribution in [2.75, 3.05) is 25.9 Å². The zero-order chi connectivity index (χ0) is 11.7. The van der Waals surface area contributed by atoms with E-state index >= 15 is 0 Å². The van der Waals surface area contributed by atoms with Crippen molar-refractivity contribution in [2.24, 2.45) is 5.73 Å². The zero-order valence-corrected chi connectivity index (χ0v) is 9.39. The molecule has 2 rings (SSSR count). The maximum Gasteiger partial charge on any atom is 0.271 e. The summed E-state index contributed by atoms with van der Waals surface area (Å²) in [6.45, 7) is 2.08. The largest absolute Gasteiger partial charge is 0.396 e. The molecule has 6 nitrogen and oxygen atoms in total. The van der Waals surface area contributed by atoms with Crippen molar-refractivity contribution in [3.8, 4) is 0 Å². The molecule has 4 N–H and O–H groups in total. The van der Waals surface area contributed by atoms with E-state index in [2.05, 4.69) is 17.0 Å². The van der Waals surface area contributed by atoms with Crippen molar-refractivity contribution < 1.29 is 4.79 Å². The maximum atomic E-state index is 11.0. The third kappa shape index (κ3) is 2.01. The summed E-state index contributed by atoms with van der Waals surface area (Å²) in [7, 11) is 2.10. The Labute approximate surface area is 94.2 Å². The summed E-state index contributed by atoms with van der Waals surface area (Å²) in [6.07, 6.45) is 3.75. The quantitative estimate of drug-likeness (QED) is 0.728. The van der Waals surface area contributed by atoms with Crippen molar-refractivity contribution in [1.82, 2.24) is 14.7 Å². The highest BCUT2D eigenvalue weighted by atomic mass is 16.1. The molecule has 1 aromatic rings. The molecule has 1 fully saturated rings. The summed E-state index contributed by atoms with van der Waals surface area (Å²) in [5, 5.41) is 4.16. The van der Waals surface area contributed by atoms with Crippen molar-refractivity contribution in [2.45, 2.75) is 18.9 Å². The lowest BCUT2D eigenvalue weighted by Crippen LogP contribution is -2.31. The van der Waals surface area contributed by atoms with Crippen molar-refractivity contribution >= 4 is 11.6 Å². The molecule has 0 spiro atoms. The summed E-state index contributed by atoms with van der Waals surface area (Å²) >= 11 is 0. The Balaban J connectivity index is 2.15. The first kappa shape index (κ1) is 10.9. The average molecular weight is 223 g/mol. The van der Waals surface area contributed by atoms with Crippen molar-refractivity contribution in [3.63, 3.8) is 0 Å². The van der Waals surface area contributed by atoms with Crippen LogP contribution in [0.4, 0.5) is 5.69 Å². The Morgan fingerprint density at radius 2 is 2.12 bits per heavy atom. The minimum absolute atomic E-state index is 0.180. The molecule has 0 aromatic carbocycles. The van der Waals surface area contributed by atoms with Gasteiger partial charge in [0.05, 0.1) is 11.7 Å². The Bertz CT molecular complexity index is 392. The average Bonchev–Trinajstić information content (AvgIpc) is 2.61. The summed E-state index contributed by atoms with van der Waals surface area (Å²) in [6, 6.07) is 0.326. The van der Waals surface area contributed by atoms with Gasteiger partial charge in [0.15, 0.2) is 5.69 Å². The van der Waals surface area contributed by atoms with Crippen LogP contribution in [0.2, 0.25) is 0 Å². The fourth-order valence-electron chi connectivity index (χ4n) is 2.04. The second-order valence-corrected chi connectivity index (χ2v) is 4.31. The molecule has 0 saturated carbocycles. The van der Waals surface area contributed by atoms with Crippen LogP contribution in [-0.4, -0.2) is 40.7 Å². The van der Waals surface area contributed by atoms with Crippen LogP contribution in [-0.2, 0) is 0 Å². The number of carbonyl (C=O) groups excluding carboxylic acids is 1. The van der Waals surface area contributed by atoms with E-state index in [1.807, 2.05) is 0 Å². The molecule has 1 amide bonds. The highest BCUT2D eigenvalue weighted by Crippen LogP contribution is 2.22. The van der Waals surface area contributed by atoms with Crippen LogP contribution in [0.5, 0.6) is 0 Å². The van der Waals surface area contributed by atoms with E-state index in [9.17, 15) is 4.79 Å². The second-order valence-electron chi connectivity index (χ2n) is 4.31. The molecule has 0 aliphatic carbocycles. The van der Waals surface area contributed by atoms with Gasteiger partial charge < -0.3 is 16.4 Å². The standard InChI is InChI=1S/C10H17N5O/c1-14-4-2-7(3-5-14)15-6-8(11)9(13-15)10(12)16/h6-7H,2-5,11H2,1H3,(H2,12,16). The smallest absolute Gasteiger partial charge is 0.271 e. The number of nitrogen functional groups attached to an aromatic ring is 1. The molecule has 2 heterocycles. The van der Waals surface area contributed by atoms with Gasteiger partial charge in [0.25, 0.3) is 5.91 Å². The van der Waals surface area contributed by atoms with Crippen molar-refractivity contribution in [3.05, 3.63) is 11.9 Å². The number of piperidine rings is 1. The van der Waals surface area contributed by atoms with Crippen LogP contribution in [0.1, 0.15) is 29.4 Å². The first-order chi connectivity index (χ1) is 7.58. The number of nitrogens with two attached hydrogens (primary N) is 2. The molecule has 6 heteroatoms. The zero-order valence-electron chi connectivity index (χ0n) is 9.39. The van der Waals surface area contributed by atoms with E-state index < -0.39 is 5.91 Å². The lowest BCUT2D eigenvalue weighted by molar-refractivity contribution is 0.0994. The summed E-state index contributed by atoms with van der Waals surface area (Å²) in [4.78, 5) is 13.3. The first-order valence-corrected chi connectivity index (χ1v) is 5.41. The van der Waals surface area contributed by atoms with Gasteiger partial charge in [-0.1, -0.05) is 0 Å². The monoisotopic (exact) mass is 223 g/mol. The Morgan fingerprint density at radius 1 is 1.50 bits per heavy atom. The van der Waals surface area contributed by atoms with Crippen LogP contribution in [0.3, 0.4) is 0 Å². The fourth-order valence-corrected chi connectivity index (χ4v) is 2.04. The van der Waals surface area contributed by atoms with E-state index in [4.69, 9.17) is 11.5 Å². The summed E-state index contributed by atoms with van der Waals surface area (Å²) in [5.74, 6) is -0.566. The molecule has 0 bridgehead atoms. The molecule has 88 valence electrons. The number of anilines is 1. The molecule has 1 aliphatic rings. The lowest BCUT2D eigenvalue weighted by atomic mass is 10.1. The molecule has 1 saturated heterocycles. The normalized spacial score (nSPS) is 18.8. The van der Waals surface area contributed by atoms with Gasteiger partial charge in [0.1, 0.15) is 0 Å².